The third-order valence-electron chi connectivity index (χ3n) is 5.12. The summed E-state index contributed by atoms with van der Waals surface area (Å²) in [5, 5.41) is 0. The van der Waals surface area contributed by atoms with Crippen molar-refractivity contribution in [1.29, 1.82) is 0 Å². The van der Waals surface area contributed by atoms with Crippen LogP contribution in [-0.2, 0) is 10.0 Å². The highest BCUT2D eigenvalue weighted by atomic mass is 32.2. The fraction of sp³-hybridized carbons (Fsp3) is 0.650. The molecule has 1 aromatic rings. The Hall–Kier alpha value is -1.60. The Morgan fingerprint density at radius 2 is 1.78 bits per heavy atom. The Balaban J connectivity index is 2.49. The quantitative estimate of drug-likeness (QED) is 0.678. The molecule has 1 amide bonds. The highest BCUT2D eigenvalue weighted by Gasteiger charge is 2.26. The lowest BCUT2D eigenvalue weighted by atomic mass is 10.1. The van der Waals surface area contributed by atoms with Gasteiger partial charge in [-0.3, -0.25) is 4.79 Å². The minimum absolute atomic E-state index is 0.0812. The normalized spacial score (nSPS) is 15.2. The van der Waals surface area contributed by atoms with Crippen molar-refractivity contribution in [3.8, 4) is 0 Å². The predicted octanol–water partition coefficient (Wildman–Crippen LogP) is 3.19. The number of piperidine rings is 1. The molecule has 1 fully saturated rings. The summed E-state index contributed by atoms with van der Waals surface area (Å²) in [5.74, 6) is -0.0812. The Labute approximate surface area is 164 Å². The van der Waals surface area contributed by atoms with Crippen molar-refractivity contribution in [3.63, 3.8) is 0 Å². The molecule has 0 aliphatic carbocycles. The molecule has 0 N–H and O–H groups in total. The van der Waals surface area contributed by atoms with E-state index in [0.717, 1.165) is 44.5 Å². The Kier molecular flexibility index (Phi) is 7.68. The van der Waals surface area contributed by atoms with Crippen LogP contribution in [0.5, 0.6) is 0 Å². The molecule has 0 spiro atoms. The second-order valence-electron chi connectivity index (χ2n) is 7.25. The SMILES string of the molecule is CCCCN(CC)C(=O)c1cc(S(=O)(=O)N(C)C)ccc1N1CCCCC1. The van der Waals surface area contributed by atoms with E-state index in [1.165, 1.54) is 24.8 Å². The molecule has 6 nitrogen and oxygen atoms in total. The van der Waals surface area contributed by atoms with E-state index in [1.807, 2.05) is 17.9 Å². The summed E-state index contributed by atoms with van der Waals surface area (Å²) in [6.45, 7) is 7.18. The average Bonchev–Trinajstić information content (AvgIpc) is 2.68. The first-order chi connectivity index (χ1) is 12.8. The van der Waals surface area contributed by atoms with Gasteiger partial charge in [0.25, 0.3) is 5.91 Å². The van der Waals surface area contributed by atoms with Crippen LogP contribution in [0, 0.1) is 0 Å². The van der Waals surface area contributed by atoms with Crippen LogP contribution < -0.4 is 4.90 Å². The van der Waals surface area contributed by atoms with E-state index in [0.29, 0.717) is 18.7 Å². The lowest BCUT2D eigenvalue weighted by Crippen LogP contribution is -2.36. The monoisotopic (exact) mass is 395 g/mol. The summed E-state index contributed by atoms with van der Waals surface area (Å²) in [4.78, 5) is 17.5. The zero-order valence-corrected chi connectivity index (χ0v) is 17.9. The molecular weight excluding hydrogens is 362 g/mol. The number of benzene rings is 1. The van der Waals surface area contributed by atoms with Crippen LogP contribution in [-0.4, -0.2) is 63.8 Å². The van der Waals surface area contributed by atoms with E-state index in [2.05, 4.69) is 11.8 Å². The molecule has 0 unspecified atom stereocenters. The molecule has 1 heterocycles. The number of hydrogen-bond acceptors (Lipinski definition) is 4. The van der Waals surface area contributed by atoms with Crippen molar-refractivity contribution in [3.05, 3.63) is 23.8 Å². The summed E-state index contributed by atoms with van der Waals surface area (Å²) in [6.07, 6.45) is 5.34. The number of sulfonamides is 1. The van der Waals surface area contributed by atoms with Gasteiger partial charge in [-0.05, 0) is 50.8 Å². The second kappa shape index (κ2) is 9.55. The maximum atomic E-state index is 13.3. The molecule has 0 radical (unpaired) electrons. The summed E-state index contributed by atoms with van der Waals surface area (Å²) in [6, 6.07) is 5.00. The first kappa shape index (κ1) is 21.7. The van der Waals surface area contributed by atoms with Gasteiger partial charge in [0.1, 0.15) is 0 Å². The lowest BCUT2D eigenvalue weighted by Gasteiger charge is -2.32. The van der Waals surface area contributed by atoms with Crippen LogP contribution in [0.1, 0.15) is 56.3 Å². The molecule has 152 valence electrons. The first-order valence-electron chi connectivity index (χ1n) is 9.93. The number of unbranched alkanes of at least 4 members (excludes halogenated alkanes) is 1. The lowest BCUT2D eigenvalue weighted by molar-refractivity contribution is 0.0762. The van der Waals surface area contributed by atoms with Gasteiger partial charge in [-0.1, -0.05) is 13.3 Å². The number of anilines is 1. The third-order valence-corrected chi connectivity index (χ3v) is 6.94. The minimum atomic E-state index is -3.59. The topological polar surface area (TPSA) is 60.9 Å². The van der Waals surface area contributed by atoms with Crippen LogP contribution in [0.2, 0.25) is 0 Å². The van der Waals surface area contributed by atoms with Gasteiger partial charge in [-0.15, -0.1) is 0 Å². The largest absolute Gasteiger partial charge is 0.371 e. The van der Waals surface area contributed by atoms with Gasteiger partial charge in [-0.2, -0.15) is 0 Å². The van der Waals surface area contributed by atoms with Gasteiger partial charge in [0.15, 0.2) is 0 Å². The van der Waals surface area contributed by atoms with Crippen molar-refractivity contribution >= 4 is 21.6 Å². The van der Waals surface area contributed by atoms with Gasteiger partial charge >= 0.3 is 0 Å². The van der Waals surface area contributed by atoms with Crippen LogP contribution >= 0.6 is 0 Å². The van der Waals surface area contributed by atoms with E-state index in [1.54, 1.807) is 12.1 Å². The van der Waals surface area contributed by atoms with Crippen LogP contribution in [0.25, 0.3) is 0 Å². The maximum Gasteiger partial charge on any atom is 0.255 e. The van der Waals surface area contributed by atoms with Gasteiger partial charge in [-0.25, -0.2) is 12.7 Å². The van der Waals surface area contributed by atoms with Gasteiger partial charge in [0.2, 0.25) is 10.0 Å². The van der Waals surface area contributed by atoms with E-state index < -0.39 is 10.0 Å². The van der Waals surface area contributed by atoms with Crippen molar-refractivity contribution < 1.29 is 13.2 Å². The van der Waals surface area contributed by atoms with Gasteiger partial charge in [0, 0.05) is 46.0 Å². The van der Waals surface area contributed by atoms with Crippen molar-refractivity contribution in [2.24, 2.45) is 0 Å². The number of amides is 1. The van der Waals surface area contributed by atoms with E-state index in [4.69, 9.17) is 0 Å². The molecular formula is C20H33N3O3S. The van der Waals surface area contributed by atoms with Crippen molar-refractivity contribution in [1.82, 2.24) is 9.21 Å². The smallest absolute Gasteiger partial charge is 0.255 e. The molecule has 1 aliphatic heterocycles. The second-order valence-corrected chi connectivity index (χ2v) is 9.40. The molecule has 0 aromatic heterocycles. The van der Waals surface area contributed by atoms with Crippen LogP contribution in [0.15, 0.2) is 23.1 Å². The summed E-state index contributed by atoms with van der Waals surface area (Å²) >= 11 is 0. The molecule has 2 rings (SSSR count). The number of carbonyl (C=O) groups excluding carboxylic acids is 1. The van der Waals surface area contributed by atoms with E-state index in [-0.39, 0.29) is 10.8 Å². The Bertz CT molecular complexity index is 741. The summed E-state index contributed by atoms with van der Waals surface area (Å²) < 4.78 is 26.4. The molecule has 0 bridgehead atoms. The summed E-state index contributed by atoms with van der Waals surface area (Å²) in [5.41, 5.74) is 1.35. The predicted molar refractivity (Wildman–Crippen MR) is 110 cm³/mol. The Morgan fingerprint density at radius 1 is 1.11 bits per heavy atom. The van der Waals surface area contributed by atoms with Crippen LogP contribution in [0.3, 0.4) is 0 Å². The highest BCUT2D eigenvalue weighted by Crippen LogP contribution is 2.29. The molecule has 1 aromatic carbocycles. The van der Waals surface area contributed by atoms with E-state index in [9.17, 15) is 13.2 Å². The number of rotatable bonds is 8. The maximum absolute atomic E-state index is 13.3. The number of nitrogens with zero attached hydrogens (tertiary/aromatic N) is 3. The molecule has 27 heavy (non-hydrogen) atoms. The fourth-order valence-electron chi connectivity index (χ4n) is 3.39. The highest BCUT2D eigenvalue weighted by molar-refractivity contribution is 7.89. The fourth-order valence-corrected chi connectivity index (χ4v) is 4.32. The standard InChI is InChI=1S/C20H33N3O3S/c1-5-7-13-22(6-2)20(24)18-16-17(27(25,26)21(3)4)11-12-19(18)23-14-9-8-10-15-23/h11-12,16H,5-10,13-15H2,1-4H3. The third kappa shape index (κ3) is 5.02. The van der Waals surface area contributed by atoms with Gasteiger partial charge in [0.05, 0.1) is 10.5 Å². The molecule has 1 aliphatic rings. The average molecular weight is 396 g/mol. The van der Waals surface area contributed by atoms with E-state index >= 15 is 0 Å². The van der Waals surface area contributed by atoms with Crippen molar-refractivity contribution in [2.45, 2.75) is 50.8 Å². The first-order valence-corrected chi connectivity index (χ1v) is 11.4. The molecule has 0 atom stereocenters. The van der Waals surface area contributed by atoms with Gasteiger partial charge < -0.3 is 9.80 Å². The zero-order valence-electron chi connectivity index (χ0n) is 17.1. The minimum Gasteiger partial charge on any atom is -0.371 e. The molecule has 0 saturated carbocycles. The van der Waals surface area contributed by atoms with Crippen LogP contribution in [0.4, 0.5) is 5.69 Å². The zero-order chi connectivity index (χ0) is 20.0. The van der Waals surface area contributed by atoms with Crippen molar-refractivity contribution in [2.75, 3.05) is 45.2 Å². The molecule has 1 saturated heterocycles. The summed E-state index contributed by atoms with van der Waals surface area (Å²) in [7, 11) is -0.568. The molecule has 7 heteroatoms. The Morgan fingerprint density at radius 3 is 2.33 bits per heavy atom. The number of hydrogen-bond donors (Lipinski definition) is 0. The number of carbonyl (C=O) groups is 1.